The number of anilines is 2. The maximum absolute atomic E-state index is 5.84. The number of hydrazine groups is 1. The lowest BCUT2D eigenvalue weighted by molar-refractivity contribution is 0.739. The molecule has 0 bridgehead atoms. The van der Waals surface area contributed by atoms with E-state index in [1.807, 2.05) is 38.1 Å². The van der Waals surface area contributed by atoms with Crippen molar-refractivity contribution in [2.75, 3.05) is 17.3 Å². The maximum Gasteiger partial charge on any atom is 0.0746 e. The standard InChI is InChI=1S/C10H17N3.C2H6/c1-2-3-8-13(12)10-7-5-4-6-9(10)11;1-2/h4-7H,2-3,8,11-12H2,1H3;1-2H3. The fourth-order valence-electron chi connectivity index (χ4n) is 1.20. The van der Waals surface area contributed by atoms with Crippen LogP contribution < -0.4 is 16.6 Å². The first kappa shape index (κ1) is 13.8. The van der Waals surface area contributed by atoms with E-state index in [-0.39, 0.29) is 0 Å². The summed E-state index contributed by atoms with van der Waals surface area (Å²) in [5, 5.41) is 1.71. The summed E-state index contributed by atoms with van der Waals surface area (Å²) in [7, 11) is 0. The summed E-state index contributed by atoms with van der Waals surface area (Å²) < 4.78 is 0. The molecule has 0 aliphatic carbocycles. The van der Waals surface area contributed by atoms with Gasteiger partial charge in [-0.05, 0) is 18.6 Å². The number of nitrogens with two attached hydrogens (primary N) is 2. The fraction of sp³-hybridized carbons (Fsp3) is 0.500. The molecule has 0 spiro atoms. The fourth-order valence-corrected chi connectivity index (χ4v) is 1.20. The van der Waals surface area contributed by atoms with Gasteiger partial charge in [0, 0.05) is 6.54 Å². The highest BCUT2D eigenvalue weighted by Gasteiger charge is 2.02. The highest BCUT2D eigenvalue weighted by molar-refractivity contribution is 5.66. The van der Waals surface area contributed by atoms with Crippen molar-refractivity contribution >= 4 is 11.4 Å². The molecule has 0 fully saturated rings. The van der Waals surface area contributed by atoms with Crippen LogP contribution in [-0.2, 0) is 0 Å². The molecule has 0 unspecified atom stereocenters. The van der Waals surface area contributed by atoms with E-state index in [9.17, 15) is 0 Å². The van der Waals surface area contributed by atoms with Crippen molar-refractivity contribution in [3.8, 4) is 0 Å². The summed E-state index contributed by atoms with van der Waals surface area (Å²) in [6, 6.07) is 7.65. The Labute approximate surface area is 93.0 Å². The molecule has 0 aromatic heterocycles. The Hall–Kier alpha value is -1.22. The second-order valence-corrected chi connectivity index (χ2v) is 3.11. The quantitative estimate of drug-likeness (QED) is 0.455. The van der Waals surface area contributed by atoms with Crippen LogP contribution in [0.25, 0.3) is 0 Å². The van der Waals surface area contributed by atoms with Gasteiger partial charge in [-0.25, -0.2) is 5.84 Å². The van der Waals surface area contributed by atoms with Crippen molar-refractivity contribution in [3.05, 3.63) is 24.3 Å². The van der Waals surface area contributed by atoms with Gasteiger partial charge < -0.3 is 10.7 Å². The second-order valence-electron chi connectivity index (χ2n) is 3.11. The second kappa shape index (κ2) is 8.12. The van der Waals surface area contributed by atoms with Crippen molar-refractivity contribution in [2.45, 2.75) is 33.6 Å². The minimum Gasteiger partial charge on any atom is -0.397 e. The average molecular weight is 209 g/mol. The normalized spacial score (nSPS) is 9.07. The number of nitrogen functional groups attached to an aromatic ring is 1. The Kier molecular flexibility index (Phi) is 7.46. The molecule has 0 saturated carbocycles. The van der Waals surface area contributed by atoms with E-state index in [0.717, 1.165) is 30.8 Å². The number of unbranched alkanes of at least 4 members (excludes halogenated alkanes) is 1. The Morgan fingerprint density at radius 2 is 1.80 bits per heavy atom. The number of hydrogen-bond donors (Lipinski definition) is 2. The number of hydrogen-bond acceptors (Lipinski definition) is 3. The van der Waals surface area contributed by atoms with Crippen LogP contribution in [0.3, 0.4) is 0 Å². The van der Waals surface area contributed by atoms with Gasteiger partial charge in [-0.3, -0.25) is 0 Å². The van der Waals surface area contributed by atoms with Crippen molar-refractivity contribution < 1.29 is 0 Å². The summed E-state index contributed by atoms with van der Waals surface area (Å²) in [6.07, 6.45) is 2.23. The Morgan fingerprint density at radius 3 is 2.33 bits per heavy atom. The first-order valence-electron chi connectivity index (χ1n) is 5.62. The van der Waals surface area contributed by atoms with Gasteiger partial charge >= 0.3 is 0 Å². The van der Waals surface area contributed by atoms with Crippen LogP contribution in [0, 0.1) is 0 Å². The summed E-state index contributed by atoms with van der Waals surface area (Å²) in [5.41, 5.74) is 7.42. The molecule has 0 aliphatic rings. The summed E-state index contributed by atoms with van der Waals surface area (Å²) in [6.45, 7) is 6.99. The van der Waals surface area contributed by atoms with Gasteiger partial charge in [-0.2, -0.15) is 0 Å². The first-order valence-corrected chi connectivity index (χ1v) is 5.62. The van der Waals surface area contributed by atoms with Crippen molar-refractivity contribution in [1.82, 2.24) is 0 Å². The van der Waals surface area contributed by atoms with Gasteiger partial charge in [0.15, 0.2) is 0 Å². The van der Waals surface area contributed by atoms with Gasteiger partial charge in [0.05, 0.1) is 11.4 Å². The average Bonchev–Trinajstić information content (AvgIpc) is 2.29. The van der Waals surface area contributed by atoms with Crippen LogP contribution in [0.4, 0.5) is 11.4 Å². The molecule has 4 N–H and O–H groups in total. The highest BCUT2D eigenvalue weighted by atomic mass is 15.4. The van der Waals surface area contributed by atoms with Crippen LogP contribution in [0.5, 0.6) is 0 Å². The Bertz CT molecular complexity index is 261. The molecule has 3 heteroatoms. The smallest absolute Gasteiger partial charge is 0.0746 e. The molecule has 0 heterocycles. The van der Waals surface area contributed by atoms with Gasteiger partial charge in [0.2, 0.25) is 0 Å². The SMILES string of the molecule is CC.CCCCN(N)c1ccccc1N. The van der Waals surface area contributed by atoms with Crippen molar-refractivity contribution in [3.63, 3.8) is 0 Å². The van der Waals surface area contributed by atoms with E-state index < -0.39 is 0 Å². The molecule has 3 nitrogen and oxygen atoms in total. The predicted molar refractivity (Wildman–Crippen MR) is 68.6 cm³/mol. The number of benzene rings is 1. The molecule has 1 aromatic rings. The van der Waals surface area contributed by atoms with Crippen LogP contribution >= 0.6 is 0 Å². The minimum atomic E-state index is 0.737. The summed E-state index contributed by atoms with van der Waals surface area (Å²) >= 11 is 0. The van der Waals surface area contributed by atoms with Gasteiger partial charge in [0.1, 0.15) is 0 Å². The van der Waals surface area contributed by atoms with Crippen molar-refractivity contribution in [2.24, 2.45) is 5.84 Å². The zero-order valence-electron chi connectivity index (χ0n) is 10.0. The third-order valence-corrected chi connectivity index (χ3v) is 2.00. The lowest BCUT2D eigenvalue weighted by Crippen LogP contribution is -2.32. The van der Waals surface area contributed by atoms with Gasteiger partial charge in [0.25, 0.3) is 0 Å². The monoisotopic (exact) mass is 209 g/mol. The third-order valence-electron chi connectivity index (χ3n) is 2.00. The molecule has 15 heavy (non-hydrogen) atoms. The third kappa shape index (κ3) is 4.70. The zero-order valence-corrected chi connectivity index (χ0v) is 10.0. The highest BCUT2D eigenvalue weighted by Crippen LogP contribution is 2.19. The van der Waals surface area contributed by atoms with Crippen LogP contribution in [-0.4, -0.2) is 6.54 Å². The predicted octanol–water partition coefficient (Wildman–Crippen LogP) is 2.78. The number of para-hydroxylation sites is 2. The number of rotatable bonds is 4. The minimum absolute atomic E-state index is 0.737. The van der Waals surface area contributed by atoms with Crippen LogP contribution in [0.1, 0.15) is 33.6 Å². The van der Waals surface area contributed by atoms with E-state index in [1.165, 1.54) is 0 Å². The Morgan fingerprint density at radius 1 is 1.20 bits per heavy atom. The van der Waals surface area contributed by atoms with E-state index in [2.05, 4.69) is 6.92 Å². The molecular weight excluding hydrogens is 186 g/mol. The zero-order chi connectivity index (χ0) is 11.7. The van der Waals surface area contributed by atoms with E-state index in [4.69, 9.17) is 11.6 Å². The largest absolute Gasteiger partial charge is 0.397 e. The maximum atomic E-state index is 5.84. The molecule has 0 amide bonds. The molecule has 86 valence electrons. The van der Waals surface area contributed by atoms with Gasteiger partial charge in [-0.15, -0.1) is 0 Å². The first-order chi connectivity index (χ1) is 7.25. The summed E-state index contributed by atoms with van der Waals surface area (Å²) in [4.78, 5) is 0. The van der Waals surface area contributed by atoms with E-state index in [1.54, 1.807) is 5.01 Å². The molecule has 1 rings (SSSR count). The van der Waals surface area contributed by atoms with Crippen molar-refractivity contribution in [1.29, 1.82) is 0 Å². The molecule has 0 radical (unpaired) electrons. The van der Waals surface area contributed by atoms with E-state index >= 15 is 0 Å². The molecular formula is C12H23N3. The lowest BCUT2D eigenvalue weighted by Gasteiger charge is -2.19. The topological polar surface area (TPSA) is 55.3 Å². The van der Waals surface area contributed by atoms with E-state index in [0.29, 0.717) is 0 Å². The Balaban J connectivity index is 0.000000921. The lowest BCUT2D eigenvalue weighted by atomic mass is 10.2. The van der Waals surface area contributed by atoms with Crippen LogP contribution in [0.2, 0.25) is 0 Å². The molecule has 0 atom stereocenters. The number of nitrogens with zero attached hydrogens (tertiary/aromatic N) is 1. The van der Waals surface area contributed by atoms with Gasteiger partial charge in [-0.1, -0.05) is 39.3 Å². The molecule has 1 aromatic carbocycles. The van der Waals surface area contributed by atoms with Crippen LogP contribution in [0.15, 0.2) is 24.3 Å². The molecule has 0 aliphatic heterocycles. The molecule has 0 saturated heterocycles. The summed E-state index contributed by atoms with van der Waals surface area (Å²) in [5.74, 6) is 5.84.